The second-order valence-corrected chi connectivity index (χ2v) is 9.59. The van der Waals surface area contributed by atoms with Gasteiger partial charge in [-0.1, -0.05) is 76.2 Å². The third-order valence-corrected chi connectivity index (χ3v) is 7.29. The van der Waals surface area contributed by atoms with Crippen LogP contribution in [0.15, 0.2) is 48.5 Å². The summed E-state index contributed by atoms with van der Waals surface area (Å²) in [5, 5.41) is 15.2. The van der Waals surface area contributed by atoms with Gasteiger partial charge in [0.05, 0.1) is 5.41 Å². The van der Waals surface area contributed by atoms with Crippen LogP contribution in [-0.4, -0.2) is 42.3 Å². The van der Waals surface area contributed by atoms with Gasteiger partial charge < -0.3 is 20.5 Å². The molecule has 2 aromatic carbocycles. The lowest BCUT2D eigenvalue weighted by Crippen LogP contribution is -2.46. The summed E-state index contributed by atoms with van der Waals surface area (Å²) in [4.78, 5) is 36.9. The van der Waals surface area contributed by atoms with Crippen molar-refractivity contribution in [1.82, 2.24) is 10.6 Å². The van der Waals surface area contributed by atoms with Crippen LogP contribution in [0.25, 0.3) is 11.1 Å². The monoisotopic (exact) mass is 480 g/mol. The Morgan fingerprint density at radius 2 is 1.51 bits per heavy atom. The Bertz CT molecular complexity index is 1020. The SMILES string of the molecule is CCC(CC)(CNC(=O)C[C@@H](NC(=O)OCC1c2ccccc2-c2ccccc21)C(C)C)C(=O)O. The van der Waals surface area contributed by atoms with Gasteiger partial charge in [-0.25, -0.2) is 4.79 Å². The average Bonchev–Trinajstić information content (AvgIpc) is 3.16. The first-order valence-electron chi connectivity index (χ1n) is 12.3. The number of amides is 2. The molecule has 0 heterocycles. The molecule has 0 aromatic heterocycles. The topological polar surface area (TPSA) is 105 Å². The molecular weight excluding hydrogens is 444 g/mol. The van der Waals surface area contributed by atoms with Gasteiger partial charge in [-0.2, -0.15) is 0 Å². The quantitative estimate of drug-likeness (QED) is 0.422. The van der Waals surface area contributed by atoms with Crippen LogP contribution in [0.5, 0.6) is 0 Å². The number of carboxylic acids is 1. The summed E-state index contributed by atoms with van der Waals surface area (Å²) < 4.78 is 5.62. The average molecular weight is 481 g/mol. The summed E-state index contributed by atoms with van der Waals surface area (Å²) in [5.74, 6) is -1.26. The number of aliphatic carboxylic acids is 1. The third kappa shape index (κ3) is 5.84. The van der Waals surface area contributed by atoms with Crippen LogP contribution in [0.3, 0.4) is 0 Å². The lowest BCUT2D eigenvalue weighted by molar-refractivity contribution is -0.149. The molecule has 188 valence electrons. The van der Waals surface area contributed by atoms with Crippen LogP contribution in [-0.2, 0) is 14.3 Å². The molecule has 0 radical (unpaired) electrons. The predicted molar refractivity (Wildman–Crippen MR) is 135 cm³/mol. The van der Waals surface area contributed by atoms with E-state index in [4.69, 9.17) is 4.74 Å². The number of hydrogen-bond donors (Lipinski definition) is 3. The van der Waals surface area contributed by atoms with E-state index in [1.54, 1.807) is 13.8 Å². The second-order valence-electron chi connectivity index (χ2n) is 9.59. The maximum Gasteiger partial charge on any atom is 0.407 e. The van der Waals surface area contributed by atoms with Crippen LogP contribution in [0.2, 0.25) is 0 Å². The van der Waals surface area contributed by atoms with E-state index in [1.165, 1.54) is 0 Å². The van der Waals surface area contributed by atoms with E-state index in [-0.39, 0.29) is 37.3 Å². The van der Waals surface area contributed by atoms with E-state index in [0.717, 1.165) is 22.3 Å². The zero-order chi connectivity index (χ0) is 25.6. The van der Waals surface area contributed by atoms with Crippen LogP contribution in [0.1, 0.15) is 64.0 Å². The Balaban J connectivity index is 1.58. The summed E-state index contributed by atoms with van der Waals surface area (Å²) in [5.41, 5.74) is 3.60. The van der Waals surface area contributed by atoms with Crippen molar-refractivity contribution >= 4 is 18.0 Å². The van der Waals surface area contributed by atoms with Crippen molar-refractivity contribution < 1.29 is 24.2 Å². The first kappa shape index (κ1) is 26.3. The number of fused-ring (bicyclic) bond motifs is 3. The molecule has 0 unspecified atom stereocenters. The van der Waals surface area contributed by atoms with Gasteiger partial charge in [-0.15, -0.1) is 0 Å². The Morgan fingerprint density at radius 3 is 2.00 bits per heavy atom. The van der Waals surface area contributed by atoms with Crippen molar-refractivity contribution in [2.45, 2.75) is 58.9 Å². The minimum atomic E-state index is -0.983. The standard InChI is InChI=1S/C28H36N2O5/c1-5-28(6-2,26(32)33)17-29-25(31)15-24(18(3)4)30-27(34)35-16-23-21-13-9-7-11-19(21)20-12-8-10-14-22(20)23/h7-14,18,23-24H,5-6,15-17H2,1-4H3,(H,29,31)(H,30,34)(H,32,33)/t24-/m1/s1. The van der Waals surface area contributed by atoms with Gasteiger partial charge in [0, 0.05) is 24.9 Å². The highest BCUT2D eigenvalue weighted by Crippen LogP contribution is 2.44. The van der Waals surface area contributed by atoms with Crippen LogP contribution >= 0.6 is 0 Å². The number of nitrogens with one attached hydrogen (secondary N) is 2. The smallest absolute Gasteiger partial charge is 0.407 e. The van der Waals surface area contributed by atoms with Crippen molar-refractivity contribution in [2.24, 2.45) is 11.3 Å². The van der Waals surface area contributed by atoms with Crippen LogP contribution < -0.4 is 10.6 Å². The van der Waals surface area contributed by atoms with Gasteiger partial charge in [0.2, 0.25) is 5.91 Å². The summed E-state index contributed by atoms with van der Waals surface area (Å²) in [6, 6.07) is 15.8. The van der Waals surface area contributed by atoms with Crippen molar-refractivity contribution in [3.05, 3.63) is 59.7 Å². The zero-order valence-electron chi connectivity index (χ0n) is 21.0. The number of carbonyl (C=O) groups is 3. The minimum absolute atomic E-state index is 0.0113. The number of ether oxygens (including phenoxy) is 1. The molecule has 3 N–H and O–H groups in total. The third-order valence-electron chi connectivity index (χ3n) is 7.29. The first-order chi connectivity index (χ1) is 16.7. The molecular formula is C28H36N2O5. The Labute approximate surface area is 207 Å². The maximum absolute atomic E-state index is 12.7. The molecule has 2 amide bonds. The highest BCUT2D eigenvalue weighted by Gasteiger charge is 2.35. The Hall–Kier alpha value is -3.35. The van der Waals surface area contributed by atoms with Crippen LogP contribution in [0, 0.1) is 11.3 Å². The number of carbonyl (C=O) groups excluding carboxylic acids is 2. The molecule has 0 spiro atoms. The highest BCUT2D eigenvalue weighted by molar-refractivity contribution is 5.81. The largest absolute Gasteiger partial charge is 0.481 e. The number of alkyl carbamates (subject to hydrolysis) is 1. The maximum atomic E-state index is 12.7. The summed E-state index contributed by atoms with van der Waals surface area (Å²) in [7, 11) is 0. The van der Waals surface area contributed by atoms with Crippen molar-refractivity contribution in [3.63, 3.8) is 0 Å². The van der Waals surface area contributed by atoms with E-state index >= 15 is 0 Å². The first-order valence-corrected chi connectivity index (χ1v) is 12.3. The molecule has 0 bridgehead atoms. The van der Waals surface area contributed by atoms with E-state index < -0.39 is 23.5 Å². The number of carboxylic acid groups (broad SMARTS) is 1. The summed E-state index contributed by atoms with van der Waals surface area (Å²) in [6.07, 6.45) is 0.320. The van der Waals surface area contributed by atoms with Crippen molar-refractivity contribution in [3.8, 4) is 11.1 Å². The van der Waals surface area contributed by atoms with Gasteiger partial charge in [0.1, 0.15) is 6.61 Å². The van der Waals surface area contributed by atoms with E-state index in [1.807, 2.05) is 38.1 Å². The number of rotatable bonds is 11. The van der Waals surface area contributed by atoms with Gasteiger partial charge in [-0.05, 0) is 41.0 Å². The number of benzene rings is 2. The van der Waals surface area contributed by atoms with Crippen molar-refractivity contribution in [1.29, 1.82) is 0 Å². The molecule has 0 saturated heterocycles. The predicted octanol–water partition coefficient (Wildman–Crippen LogP) is 4.95. The van der Waals surface area contributed by atoms with Gasteiger partial charge in [0.25, 0.3) is 0 Å². The fraction of sp³-hybridized carbons (Fsp3) is 0.464. The normalized spacial score (nSPS) is 13.6. The van der Waals surface area contributed by atoms with E-state index in [0.29, 0.717) is 12.8 Å². The van der Waals surface area contributed by atoms with Gasteiger partial charge in [-0.3, -0.25) is 9.59 Å². The molecule has 3 rings (SSSR count). The molecule has 0 aliphatic heterocycles. The Kier molecular flexibility index (Phi) is 8.54. The molecule has 35 heavy (non-hydrogen) atoms. The zero-order valence-corrected chi connectivity index (χ0v) is 21.0. The summed E-state index contributed by atoms with van der Waals surface area (Å²) in [6.45, 7) is 7.70. The molecule has 7 heteroatoms. The molecule has 1 aliphatic carbocycles. The lowest BCUT2D eigenvalue weighted by Gasteiger charge is -2.28. The van der Waals surface area contributed by atoms with Crippen LogP contribution in [0.4, 0.5) is 4.79 Å². The molecule has 1 atom stereocenters. The molecule has 0 fully saturated rings. The number of hydrogen-bond acceptors (Lipinski definition) is 4. The molecule has 0 saturated carbocycles. The Morgan fingerprint density at radius 1 is 0.971 bits per heavy atom. The van der Waals surface area contributed by atoms with E-state index in [9.17, 15) is 19.5 Å². The van der Waals surface area contributed by atoms with E-state index in [2.05, 4.69) is 34.9 Å². The van der Waals surface area contributed by atoms with Gasteiger partial charge in [0.15, 0.2) is 0 Å². The molecule has 2 aromatic rings. The fourth-order valence-corrected chi connectivity index (χ4v) is 4.66. The minimum Gasteiger partial charge on any atom is -0.481 e. The molecule has 7 nitrogen and oxygen atoms in total. The molecule has 1 aliphatic rings. The highest BCUT2D eigenvalue weighted by atomic mass is 16.5. The fourth-order valence-electron chi connectivity index (χ4n) is 4.66. The van der Waals surface area contributed by atoms with Crippen molar-refractivity contribution in [2.75, 3.05) is 13.2 Å². The second kappa shape index (κ2) is 11.4. The van der Waals surface area contributed by atoms with Gasteiger partial charge >= 0.3 is 12.1 Å². The summed E-state index contributed by atoms with van der Waals surface area (Å²) >= 11 is 0. The lowest BCUT2D eigenvalue weighted by atomic mass is 9.82.